The Morgan fingerprint density at radius 3 is 1.51 bits per heavy atom. The number of hydrogen-bond acceptors (Lipinski definition) is 13. The van der Waals surface area contributed by atoms with Crippen molar-refractivity contribution < 1.29 is 33.5 Å². The molecule has 4 heterocycles. The number of halogens is 12. The molecule has 4 aromatic carbocycles. The largest absolute Gasteiger partial charge is 0.447 e. The lowest BCUT2D eigenvalue weighted by molar-refractivity contribution is -0.440. The van der Waals surface area contributed by atoms with Gasteiger partial charge in [0.25, 0.3) is 0 Å². The fraction of sp³-hybridized carbons (Fsp3) is 0.296. The number of hydrogen-bond donors (Lipinski definition) is 3. The number of carbonyl (C=O) groups is 3. The number of aliphatic hydroxyl groups is 1. The van der Waals surface area contributed by atoms with E-state index in [1.807, 2.05) is 85.7 Å². The van der Waals surface area contributed by atoms with E-state index in [9.17, 15) is 19.5 Å². The maximum Gasteiger partial charge on any atom is 0.411 e. The van der Waals surface area contributed by atoms with Crippen molar-refractivity contribution >= 4 is 186 Å². The number of anilines is 3. The van der Waals surface area contributed by atoms with Crippen LogP contribution in [0.25, 0.3) is 22.8 Å². The van der Waals surface area contributed by atoms with Gasteiger partial charge in [0.15, 0.2) is 59.6 Å². The number of ketones is 1. The number of rotatable bonds is 12. The summed E-state index contributed by atoms with van der Waals surface area (Å²) in [5, 5.41) is 17.3. The lowest BCUT2D eigenvalue weighted by Gasteiger charge is -2.35. The molecule has 1 aliphatic carbocycles. The Morgan fingerprint density at radius 1 is 0.610 bits per heavy atom. The van der Waals surface area contributed by atoms with Crippen LogP contribution in [0.15, 0.2) is 120 Å². The van der Waals surface area contributed by atoms with Gasteiger partial charge in [-0.05, 0) is 74.0 Å². The number of alkyl halides is 12. The maximum atomic E-state index is 14.3. The van der Waals surface area contributed by atoms with Crippen LogP contribution in [-0.2, 0) is 40.3 Å². The van der Waals surface area contributed by atoms with Crippen LogP contribution < -0.4 is 15.5 Å². The predicted molar refractivity (Wildman–Crippen MR) is 324 cm³/mol. The van der Waals surface area contributed by atoms with Crippen LogP contribution >= 0.6 is 139 Å². The number of fused-ring (bicyclic) bond motifs is 2. The molecule has 428 valence electrons. The summed E-state index contributed by atoms with van der Waals surface area (Å²) in [4.78, 5) is 67.6. The molecule has 3 aliphatic rings. The van der Waals surface area contributed by atoms with Gasteiger partial charge in [0, 0.05) is 62.6 Å². The molecule has 0 saturated heterocycles. The average Bonchev–Trinajstić information content (AvgIpc) is 3.33. The zero-order chi connectivity index (χ0) is 59.5. The van der Waals surface area contributed by atoms with E-state index in [2.05, 4.69) is 40.5 Å². The summed E-state index contributed by atoms with van der Waals surface area (Å²) in [6.07, 6.45) is 0.916. The average molecular weight is 1350 g/mol. The van der Waals surface area contributed by atoms with Gasteiger partial charge in [0.2, 0.25) is 20.9 Å². The lowest BCUT2D eigenvalue weighted by Crippen LogP contribution is -2.46. The van der Waals surface area contributed by atoms with Crippen molar-refractivity contribution in [1.29, 1.82) is 0 Å². The smallest absolute Gasteiger partial charge is 0.411 e. The molecule has 9 rings (SSSR count). The molecule has 2 aliphatic heterocycles. The minimum atomic E-state index is -2.05. The summed E-state index contributed by atoms with van der Waals surface area (Å²) >= 11 is 72.5. The molecule has 6 aromatic rings. The van der Waals surface area contributed by atoms with E-state index in [0.717, 1.165) is 33.9 Å². The molecule has 2 aromatic heterocycles. The van der Waals surface area contributed by atoms with Gasteiger partial charge in [-0.2, -0.15) is 4.58 Å². The van der Waals surface area contributed by atoms with E-state index in [0.29, 0.717) is 22.5 Å². The molecule has 1 saturated carbocycles. The predicted octanol–water partition coefficient (Wildman–Crippen LogP) is 14.7. The monoisotopic (exact) mass is 1350 g/mol. The number of carbonyl (C=O) groups excluding carboxylic acids is 3. The van der Waals surface area contributed by atoms with Crippen molar-refractivity contribution in [1.82, 2.24) is 29.9 Å². The molecule has 16 nitrogen and oxygen atoms in total. The zero-order valence-electron chi connectivity index (χ0n) is 43.0. The molecular formula is C54H43Cl12N10O6+. The van der Waals surface area contributed by atoms with Gasteiger partial charge < -0.3 is 19.5 Å². The van der Waals surface area contributed by atoms with Gasteiger partial charge in [-0.1, -0.05) is 196 Å². The van der Waals surface area contributed by atoms with Crippen molar-refractivity contribution in [3.63, 3.8) is 0 Å². The third-order valence-corrected chi connectivity index (χ3v) is 15.7. The van der Waals surface area contributed by atoms with E-state index >= 15 is 0 Å². The van der Waals surface area contributed by atoms with Gasteiger partial charge in [-0.25, -0.2) is 39.5 Å². The second kappa shape index (κ2) is 23.8. The van der Waals surface area contributed by atoms with Crippen LogP contribution in [0.3, 0.4) is 0 Å². The first kappa shape index (κ1) is 62.0. The van der Waals surface area contributed by atoms with Crippen molar-refractivity contribution in [3.05, 3.63) is 155 Å². The summed E-state index contributed by atoms with van der Waals surface area (Å²) in [6.45, 7) is 8.43. The summed E-state index contributed by atoms with van der Waals surface area (Å²) in [7, 11) is 0. The van der Waals surface area contributed by atoms with Crippen molar-refractivity contribution in [3.8, 4) is 22.8 Å². The van der Waals surface area contributed by atoms with E-state index in [1.54, 1.807) is 60.7 Å². The molecule has 0 spiro atoms. The van der Waals surface area contributed by atoms with Crippen molar-refractivity contribution in [2.24, 2.45) is 5.92 Å². The van der Waals surface area contributed by atoms with E-state index in [1.165, 1.54) is 0 Å². The van der Waals surface area contributed by atoms with Gasteiger partial charge in [0.1, 0.15) is 6.61 Å². The molecule has 2 atom stereocenters. The Hall–Kier alpha value is -4.50. The maximum absolute atomic E-state index is 14.3. The van der Waals surface area contributed by atoms with E-state index in [-0.39, 0.29) is 72.6 Å². The summed E-state index contributed by atoms with van der Waals surface area (Å²) in [6, 6.07) is 28.3. The highest BCUT2D eigenvalue weighted by Crippen LogP contribution is 2.50. The lowest BCUT2D eigenvalue weighted by atomic mass is 9.71. The number of Topliss-reactive ketones (excluding diaryl/α,β-unsaturated/α-hetero) is 1. The number of para-hydroxylation sites is 2. The van der Waals surface area contributed by atoms with Gasteiger partial charge in [0.05, 0.1) is 24.0 Å². The Morgan fingerprint density at radius 2 is 1.05 bits per heavy atom. The number of nitrogens with one attached hydrogen (secondary N) is 2. The highest BCUT2D eigenvalue weighted by molar-refractivity contribution is 6.68. The second-order valence-corrected chi connectivity index (χ2v) is 28.9. The standard InChI is InChI=1S/C54H42Cl12N10O6/c1-49(2)33-9-5-7-11-35(33)75(21-23-81-47(79)67-29-17-13-27(14-18-29)41-69-43(51(55,56)57)73-44(70-41)52(58,59)60)37(49)25-31-39(77)32(40(31)78)26-38-50(3,4)34-10-6-8-12-36(34)76(38)22-24-82-48(80)68-30-19-15-28(16-20-30)42-71-45(53(61,62)63)74-46(72-42)54(64,65)66/h5-20,25-26,31,39,77H,21-24H2,1-4H3,(H-,67,68,69,70,71,72,73,74,79,80)/p+1. The zero-order valence-corrected chi connectivity index (χ0v) is 52.0. The second-order valence-electron chi connectivity index (χ2n) is 19.7. The van der Waals surface area contributed by atoms with Crippen LogP contribution in [-0.4, -0.2) is 95.7 Å². The number of aromatic nitrogens is 6. The van der Waals surface area contributed by atoms with Gasteiger partial charge >= 0.3 is 12.2 Å². The quantitative estimate of drug-likeness (QED) is 0.0595. The van der Waals surface area contributed by atoms with Crippen LogP contribution in [0.2, 0.25) is 0 Å². The summed E-state index contributed by atoms with van der Waals surface area (Å²) in [5.41, 5.74) is 5.78. The number of benzene rings is 4. The van der Waals surface area contributed by atoms with Crippen LogP contribution in [0, 0.1) is 5.92 Å². The number of allylic oxidation sites excluding steroid dienone is 2. The molecule has 3 N–H and O–H groups in total. The van der Waals surface area contributed by atoms with Gasteiger partial charge in [-0.3, -0.25) is 15.4 Å². The topological polar surface area (TPSA) is 198 Å². The van der Waals surface area contributed by atoms with Gasteiger partial charge in [-0.15, -0.1) is 0 Å². The molecule has 82 heavy (non-hydrogen) atoms. The van der Waals surface area contributed by atoms with E-state index in [4.69, 9.17) is 149 Å². The highest BCUT2D eigenvalue weighted by Gasteiger charge is 2.51. The third kappa shape index (κ3) is 13.3. The first-order valence-electron chi connectivity index (χ1n) is 24.5. The molecule has 28 heteroatoms. The highest BCUT2D eigenvalue weighted by atomic mass is 35.6. The minimum absolute atomic E-state index is 0.0494. The Bertz CT molecular complexity index is 3530. The molecular weight excluding hydrogens is 1310 g/mol. The Balaban J connectivity index is 0.867. The molecule has 1 fully saturated rings. The number of ether oxygens (including phenoxy) is 2. The van der Waals surface area contributed by atoms with Crippen molar-refractivity contribution in [2.75, 3.05) is 41.8 Å². The first-order chi connectivity index (χ1) is 38.3. The van der Waals surface area contributed by atoms with Crippen LogP contribution in [0.5, 0.6) is 0 Å². The summed E-state index contributed by atoms with van der Waals surface area (Å²) < 4.78 is 5.15. The number of amides is 2. The van der Waals surface area contributed by atoms with E-state index < -0.39 is 50.2 Å². The fourth-order valence-electron chi connectivity index (χ4n) is 9.63. The normalized spacial score (nSPS) is 18.5. The molecule has 2 amide bonds. The Labute approximate surface area is 530 Å². The minimum Gasteiger partial charge on any atom is -0.447 e. The van der Waals surface area contributed by atoms with Crippen LogP contribution in [0.1, 0.15) is 62.1 Å². The number of aliphatic hydroxyl groups excluding tert-OH is 1. The SMILES string of the molecule is CC1(C)C(=CC2C(=O)C(=CC3=[N+](CCOC(=O)Nc4ccc(-c5nc(C(Cl)(Cl)Cl)nc(C(Cl)(Cl)Cl)n5)cc4)c4ccccc4C3(C)C)C2O)N(CCOC(=O)Nc2ccc(-c3nc(C(Cl)(Cl)Cl)nc(C(Cl)(Cl)Cl)n3)cc2)c2ccccc21. The van der Waals surface area contributed by atoms with Crippen molar-refractivity contribution in [2.45, 2.75) is 59.8 Å². The van der Waals surface area contributed by atoms with Crippen LogP contribution in [0.4, 0.5) is 32.3 Å². The third-order valence-electron chi connectivity index (χ3n) is 13.6. The fourth-order valence-corrected chi connectivity index (χ4v) is 10.6. The molecule has 0 radical (unpaired) electrons. The molecule has 2 unspecified atom stereocenters. The Kier molecular flexibility index (Phi) is 18.0. The summed E-state index contributed by atoms with van der Waals surface area (Å²) in [5.74, 6) is -2.08. The number of nitrogens with zero attached hydrogens (tertiary/aromatic N) is 8. The first-order valence-corrected chi connectivity index (χ1v) is 29.0. The molecule has 0 bridgehead atoms.